The van der Waals surface area contributed by atoms with Crippen molar-refractivity contribution < 1.29 is 0 Å². The number of nitrogens with two attached hydrogens (primary N) is 1. The summed E-state index contributed by atoms with van der Waals surface area (Å²) in [5, 5.41) is 3.22. The number of hydrogen-bond donors (Lipinski definition) is 2. The zero-order chi connectivity index (χ0) is 14.3. The Balaban J connectivity index is 0.00000220. The van der Waals surface area contributed by atoms with E-state index >= 15 is 0 Å². The molecule has 4 heteroatoms. The van der Waals surface area contributed by atoms with Crippen LogP contribution in [-0.2, 0) is 6.42 Å². The summed E-state index contributed by atoms with van der Waals surface area (Å²) in [6, 6.07) is 10.5. The molecule has 0 unspecified atom stereocenters. The minimum Gasteiger partial charge on any atom is -0.370 e. The van der Waals surface area contributed by atoms with Crippen LogP contribution in [0.3, 0.4) is 0 Å². The first kappa shape index (κ1) is 18.3. The molecule has 3 nitrogen and oxygen atoms in total. The van der Waals surface area contributed by atoms with Crippen LogP contribution in [0.4, 0.5) is 0 Å². The average molecular weight is 401 g/mol. The number of guanidine groups is 1. The predicted molar refractivity (Wildman–Crippen MR) is 101 cm³/mol. The molecule has 0 aromatic heterocycles. The van der Waals surface area contributed by atoms with Crippen LogP contribution in [-0.4, -0.2) is 19.0 Å². The van der Waals surface area contributed by atoms with Crippen LogP contribution < -0.4 is 11.1 Å². The molecule has 1 aliphatic rings. The Morgan fingerprint density at radius 2 is 1.90 bits per heavy atom. The van der Waals surface area contributed by atoms with Gasteiger partial charge >= 0.3 is 0 Å². The highest BCUT2D eigenvalue weighted by atomic mass is 127. The molecule has 1 aromatic carbocycles. The topological polar surface area (TPSA) is 50.4 Å². The van der Waals surface area contributed by atoms with Gasteiger partial charge in [0, 0.05) is 13.1 Å². The lowest BCUT2D eigenvalue weighted by Gasteiger charge is -2.25. The lowest BCUT2D eigenvalue weighted by Crippen LogP contribution is -2.34. The van der Waals surface area contributed by atoms with E-state index in [4.69, 9.17) is 5.73 Å². The van der Waals surface area contributed by atoms with Gasteiger partial charge in [-0.25, -0.2) is 0 Å². The van der Waals surface area contributed by atoms with Gasteiger partial charge in [0.2, 0.25) is 0 Å². The van der Waals surface area contributed by atoms with E-state index in [9.17, 15) is 0 Å². The highest BCUT2D eigenvalue weighted by molar-refractivity contribution is 14.0. The predicted octanol–water partition coefficient (Wildman–Crippen LogP) is 3.72. The molecule has 1 saturated carbocycles. The number of rotatable bonds is 6. The summed E-state index contributed by atoms with van der Waals surface area (Å²) in [5.41, 5.74) is 7.72. The third-order valence-corrected chi connectivity index (χ3v) is 4.56. The van der Waals surface area contributed by atoms with Crippen LogP contribution in [0.1, 0.15) is 44.6 Å². The molecule has 1 aromatic rings. The SMILES string of the molecule is CCC1(CN=C(N)NCCc2ccccc2)CCCC1.I. The van der Waals surface area contributed by atoms with E-state index in [0.29, 0.717) is 11.4 Å². The van der Waals surface area contributed by atoms with Crippen LogP contribution in [0.25, 0.3) is 0 Å². The van der Waals surface area contributed by atoms with Gasteiger partial charge in [0.05, 0.1) is 0 Å². The maximum atomic E-state index is 5.97. The van der Waals surface area contributed by atoms with Gasteiger partial charge in [0.15, 0.2) is 5.96 Å². The first-order valence-corrected chi connectivity index (χ1v) is 7.82. The Kier molecular flexibility index (Phi) is 8.07. The molecule has 2 rings (SSSR count). The first-order valence-electron chi connectivity index (χ1n) is 7.82. The Hall–Kier alpha value is -0.780. The smallest absolute Gasteiger partial charge is 0.188 e. The highest BCUT2D eigenvalue weighted by Crippen LogP contribution is 2.40. The third kappa shape index (κ3) is 5.85. The van der Waals surface area contributed by atoms with E-state index in [-0.39, 0.29) is 24.0 Å². The van der Waals surface area contributed by atoms with E-state index in [0.717, 1.165) is 19.5 Å². The van der Waals surface area contributed by atoms with Crippen molar-refractivity contribution >= 4 is 29.9 Å². The van der Waals surface area contributed by atoms with Gasteiger partial charge < -0.3 is 11.1 Å². The lowest BCUT2D eigenvalue weighted by atomic mass is 9.84. The summed E-state index contributed by atoms with van der Waals surface area (Å²) in [4.78, 5) is 4.56. The van der Waals surface area contributed by atoms with Crippen LogP contribution >= 0.6 is 24.0 Å². The first-order chi connectivity index (χ1) is 9.74. The van der Waals surface area contributed by atoms with Gasteiger partial charge in [0.1, 0.15) is 0 Å². The molecule has 1 fully saturated rings. The monoisotopic (exact) mass is 401 g/mol. The zero-order valence-electron chi connectivity index (χ0n) is 13.0. The average Bonchev–Trinajstić information content (AvgIpc) is 2.96. The van der Waals surface area contributed by atoms with E-state index in [1.807, 2.05) is 6.07 Å². The standard InChI is InChI=1S/C17H27N3.HI/c1-2-17(11-6-7-12-17)14-20-16(18)19-13-10-15-8-4-3-5-9-15;/h3-5,8-9H,2,6-7,10-14H2,1H3,(H3,18,19,20);1H. The molecular formula is C17H28IN3. The minimum absolute atomic E-state index is 0. The van der Waals surface area contributed by atoms with Gasteiger partial charge in [-0.2, -0.15) is 0 Å². The van der Waals surface area contributed by atoms with Crippen molar-refractivity contribution in [3.8, 4) is 0 Å². The number of hydrogen-bond acceptors (Lipinski definition) is 1. The Morgan fingerprint density at radius 1 is 1.24 bits per heavy atom. The minimum atomic E-state index is 0. The summed E-state index contributed by atoms with van der Waals surface area (Å²) in [7, 11) is 0. The molecule has 0 saturated heterocycles. The van der Waals surface area contributed by atoms with Crippen LogP contribution in [0.5, 0.6) is 0 Å². The Labute approximate surface area is 145 Å². The summed E-state index contributed by atoms with van der Waals surface area (Å²) in [5.74, 6) is 0.598. The molecule has 0 heterocycles. The number of benzene rings is 1. The Bertz CT molecular complexity index is 425. The van der Waals surface area contributed by atoms with Crippen LogP contribution in [0.2, 0.25) is 0 Å². The molecule has 0 atom stereocenters. The third-order valence-electron chi connectivity index (χ3n) is 4.56. The van der Waals surface area contributed by atoms with E-state index in [1.54, 1.807) is 0 Å². The fourth-order valence-electron chi connectivity index (χ4n) is 3.04. The normalized spacial score (nSPS) is 17.3. The zero-order valence-corrected chi connectivity index (χ0v) is 15.3. The number of nitrogens with one attached hydrogen (secondary N) is 1. The van der Waals surface area contributed by atoms with E-state index < -0.39 is 0 Å². The molecule has 0 aliphatic heterocycles. The lowest BCUT2D eigenvalue weighted by molar-refractivity contribution is 0.297. The van der Waals surface area contributed by atoms with Crippen molar-refractivity contribution in [2.45, 2.75) is 45.4 Å². The second-order valence-corrected chi connectivity index (χ2v) is 5.92. The number of nitrogens with zero attached hydrogens (tertiary/aromatic N) is 1. The molecule has 118 valence electrons. The maximum absolute atomic E-state index is 5.97. The quantitative estimate of drug-likeness (QED) is 0.434. The molecule has 0 radical (unpaired) electrons. The fourth-order valence-corrected chi connectivity index (χ4v) is 3.04. The van der Waals surface area contributed by atoms with Crippen molar-refractivity contribution in [1.82, 2.24) is 5.32 Å². The van der Waals surface area contributed by atoms with E-state index in [2.05, 4.69) is 41.5 Å². The van der Waals surface area contributed by atoms with Crippen molar-refractivity contribution in [3.05, 3.63) is 35.9 Å². The van der Waals surface area contributed by atoms with Gasteiger partial charge in [-0.3, -0.25) is 4.99 Å². The van der Waals surface area contributed by atoms with Gasteiger partial charge in [0.25, 0.3) is 0 Å². The largest absolute Gasteiger partial charge is 0.370 e. The summed E-state index contributed by atoms with van der Waals surface area (Å²) in [6.45, 7) is 4.01. The van der Waals surface area contributed by atoms with Gasteiger partial charge in [-0.1, -0.05) is 50.1 Å². The van der Waals surface area contributed by atoms with Gasteiger partial charge in [-0.05, 0) is 36.7 Å². The van der Waals surface area contributed by atoms with E-state index in [1.165, 1.54) is 37.7 Å². The number of halogens is 1. The van der Waals surface area contributed by atoms with Crippen molar-refractivity contribution in [2.75, 3.05) is 13.1 Å². The van der Waals surface area contributed by atoms with Crippen molar-refractivity contribution in [2.24, 2.45) is 16.1 Å². The van der Waals surface area contributed by atoms with Crippen molar-refractivity contribution in [1.29, 1.82) is 0 Å². The summed E-state index contributed by atoms with van der Waals surface area (Å²) >= 11 is 0. The molecule has 0 spiro atoms. The molecule has 3 N–H and O–H groups in total. The molecule has 21 heavy (non-hydrogen) atoms. The molecule has 1 aliphatic carbocycles. The second-order valence-electron chi connectivity index (χ2n) is 5.92. The second kappa shape index (κ2) is 9.28. The number of aliphatic imine (C=N–C) groups is 1. The van der Waals surface area contributed by atoms with Gasteiger partial charge in [-0.15, -0.1) is 24.0 Å². The van der Waals surface area contributed by atoms with Crippen LogP contribution in [0.15, 0.2) is 35.3 Å². The maximum Gasteiger partial charge on any atom is 0.188 e. The fraction of sp³-hybridized carbons (Fsp3) is 0.588. The highest BCUT2D eigenvalue weighted by Gasteiger charge is 2.31. The van der Waals surface area contributed by atoms with Crippen molar-refractivity contribution in [3.63, 3.8) is 0 Å². The summed E-state index contributed by atoms with van der Waals surface area (Å²) < 4.78 is 0. The van der Waals surface area contributed by atoms with Crippen LogP contribution in [0, 0.1) is 5.41 Å². The molecular weight excluding hydrogens is 373 g/mol. The summed E-state index contributed by atoms with van der Waals surface area (Å²) in [6.07, 6.45) is 7.52. The Morgan fingerprint density at radius 3 is 2.52 bits per heavy atom. The molecule has 0 amide bonds. The molecule has 0 bridgehead atoms.